The highest BCUT2D eigenvalue weighted by molar-refractivity contribution is 5.94. The number of methoxy groups -OCH3 is 2. The molecule has 22 heavy (non-hydrogen) atoms. The first-order valence-corrected chi connectivity index (χ1v) is 6.92. The number of esters is 2. The molecular formula is C17H21NO4. The number of carbonyl (C=O) groups is 2. The van der Waals surface area contributed by atoms with Crippen molar-refractivity contribution in [3.63, 3.8) is 0 Å². The summed E-state index contributed by atoms with van der Waals surface area (Å²) in [4.78, 5) is 23.1. The van der Waals surface area contributed by atoms with Crippen LogP contribution in [0.5, 0.6) is 0 Å². The van der Waals surface area contributed by atoms with Crippen LogP contribution in [0.2, 0.25) is 0 Å². The van der Waals surface area contributed by atoms with E-state index in [-0.39, 0.29) is 6.54 Å². The number of aryl methyl sites for hydroxylation is 1. The van der Waals surface area contributed by atoms with Crippen molar-refractivity contribution in [3.05, 3.63) is 59.2 Å². The monoisotopic (exact) mass is 303 g/mol. The Morgan fingerprint density at radius 2 is 1.77 bits per heavy atom. The molecule has 1 aromatic carbocycles. The van der Waals surface area contributed by atoms with Crippen molar-refractivity contribution in [1.82, 2.24) is 0 Å². The van der Waals surface area contributed by atoms with Gasteiger partial charge in [0.05, 0.1) is 19.8 Å². The molecule has 0 aliphatic rings. The Morgan fingerprint density at radius 1 is 1.09 bits per heavy atom. The van der Waals surface area contributed by atoms with E-state index in [1.807, 2.05) is 30.3 Å². The molecule has 0 saturated carbocycles. The van der Waals surface area contributed by atoms with Crippen LogP contribution in [-0.2, 0) is 25.5 Å². The van der Waals surface area contributed by atoms with Gasteiger partial charge in [0.15, 0.2) is 0 Å². The maximum absolute atomic E-state index is 11.9. The van der Waals surface area contributed by atoms with Crippen LogP contribution in [0.25, 0.3) is 0 Å². The van der Waals surface area contributed by atoms with Crippen LogP contribution in [0.3, 0.4) is 0 Å². The fraction of sp³-hybridized carbons (Fsp3) is 0.294. The second-order valence-corrected chi connectivity index (χ2v) is 4.56. The molecule has 0 aliphatic heterocycles. The van der Waals surface area contributed by atoms with E-state index in [0.29, 0.717) is 12.0 Å². The average Bonchev–Trinajstić information content (AvgIpc) is 2.57. The number of nitrogens with two attached hydrogens (primary N) is 1. The van der Waals surface area contributed by atoms with E-state index in [4.69, 9.17) is 10.5 Å². The lowest BCUT2D eigenvalue weighted by Crippen LogP contribution is -2.13. The third kappa shape index (κ3) is 5.54. The Bertz CT molecular complexity index is 561. The normalized spacial score (nSPS) is 12.0. The summed E-state index contributed by atoms with van der Waals surface area (Å²) in [7, 11) is 2.56. The SMILES string of the molecule is COC(=O)C=CC(C(=O)OC)=C(CN)CCc1ccccc1. The van der Waals surface area contributed by atoms with E-state index in [1.54, 1.807) is 0 Å². The first-order chi connectivity index (χ1) is 10.6. The molecule has 0 spiro atoms. The number of hydrogen-bond donors (Lipinski definition) is 1. The minimum Gasteiger partial charge on any atom is -0.466 e. The highest BCUT2D eigenvalue weighted by Crippen LogP contribution is 2.15. The zero-order valence-corrected chi connectivity index (χ0v) is 12.9. The lowest BCUT2D eigenvalue weighted by molar-refractivity contribution is -0.135. The van der Waals surface area contributed by atoms with Crippen molar-refractivity contribution in [2.45, 2.75) is 12.8 Å². The maximum Gasteiger partial charge on any atom is 0.337 e. The summed E-state index contributed by atoms with van der Waals surface area (Å²) in [5.74, 6) is -1.06. The molecule has 1 aromatic rings. The third-order valence-corrected chi connectivity index (χ3v) is 3.18. The molecule has 5 heteroatoms. The number of benzene rings is 1. The largest absolute Gasteiger partial charge is 0.466 e. The second kappa shape index (κ2) is 9.52. The summed E-state index contributed by atoms with van der Waals surface area (Å²) in [5.41, 5.74) is 7.93. The fourth-order valence-corrected chi connectivity index (χ4v) is 1.95. The molecule has 0 radical (unpaired) electrons. The summed E-state index contributed by atoms with van der Waals surface area (Å²) >= 11 is 0. The molecule has 0 amide bonds. The Labute approximate surface area is 130 Å². The van der Waals surface area contributed by atoms with Gasteiger partial charge in [-0.05, 0) is 30.1 Å². The second-order valence-electron chi connectivity index (χ2n) is 4.56. The van der Waals surface area contributed by atoms with Gasteiger partial charge in [0.25, 0.3) is 0 Å². The summed E-state index contributed by atoms with van der Waals surface area (Å²) in [6.45, 7) is 0.211. The number of rotatable bonds is 7. The molecule has 2 N–H and O–H groups in total. The van der Waals surface area contributed by atoms with Gasteiger partial charge in [-0.3, -0.25) is 0 Å². The Hall–Kier alpha value is -2.40. The van der Waals surface area contributed by atoms with Gasteiger partial charge >= 0.3 is 11.9 Å². The topological polar surface area (TPSA) is 78.6 Å². The summed E-state index contributed by atoms with van der Waals surface area (Å²) in [6, 6.07) is 9.88. The van der Waals surface area contributed by atoms with E-state index < -0.39 is 11.9 Å². The standard InChI is InChI=1S/C17H21NO4/c1-21-16(19)11-10-15(17(20)22-2)14(12-18)9-8-13-6-4-3-5-7-13/h3-7,10-11H,8-9,12,18H2,1-2H3. The number of hydrogen-bond acceptors (Lipinski definition) is 5. The van der Waals surface area contributed by atoms with E-state index in [1.165, 1.54) is 26.4 Å². The summed E-state index contributed by atoms with van der Waals surface area (Å²) in [6.07, 6.45) is 3.94. The van der Waals surface area contributed by atoms with Gasteiger partial charge in [-0.25, -0.2) is 9.59 Å². The van der Waals surface area contributed by atoms with Gasteiger partial charge in [-0.2, -0.15) is 0 Å². The molecule has 0 atom stereocenters. The average molecular weight is 303 g/mol. The molecule has 118 valence electrons. The quantitative estimate of drug-likeness (QED) is 0.472. The zero-order valence-electron chi connectivity index (χ0n) is 12.9. The minimum atomic E-state index is -0.541. The van der Waals surface area contributed by atoms with E-state index in [2.05, 4.69) is 4.74 Å². The predicted molar refractivity (Wildman–Crippen MR) is 84.0 cm³/mol. The third-order valence-electron chi connectivity index (χ3n) is 3.18. The molecule has 0 heterocycles. The summed E-state index contributed by atoms with van der Waals surface area (Å²) < 4.78 is 9.28. The van der Waals surface area contributed by atoms with Crippen LogP contribution in [0, 0.1) is 0 Å². The van der Waals surface area contributed by atoms with E-state index in [0.717, 1.165) is 17.6 Å². The van der Waals surface area contributed by atoms with Crippen molar-refractivity contribution in [3.8, 4) is 0 Å². The highest BCUT2D eigenvalue weighted by Gasteiger charge is 2.13. The molecule has 0 fully saturated rings. The van der Waals surface area contributed by atoms with Gasteiger partial charge in [0, 0.05) is 12.6 Å². The minimum absolute atomic E-state index is 0.211. The Kier molecular flexibility index (Phi) is 7.64. The lowest BCUT2D eigenvalue weighted by Gasteiger charge is -2.10. The van der Waals surface area contributed by atoms with Crippen molar-refractivity contribution in [1.29, 1.82) is 0 Å². The van der Waals surface area contributed by atoms with E-state index >= 15 is 0 Å². The van der Waals surface area contributed by atoms with Crippen molar-refractivity contribution in [2.75, 3.05) is 20.8 Å². The molecule has 0 aliphatic carbocycles. The first-order valence-electron chi connectivity index (χ1n) is 6.92. The maximum atomic E-state index is 11.9. The van der Waals surface area contributed by atoms with Crippen LogP contribution in [0.1, 0.15) is 12.0 Å². The zero-order chi connectivity index (χ0) is 16.4. The van der Waals surface area contributed by atoms with Gasteiger partial charge in [-0.1, -0.05) is 30.3 Å². The van der Waals surface area contributed by atoms with Crippen molar-refractivity contribution in [2.24, 2.45) is 5.73 Å². The smallest absolute Gasteiger partial charge is 0.337 e. The molecular weight excluding hydrogens is 282 g/mol. The molecule has 0 aromatic heterocycles. The Balaban J connectivity index is 2.97. The van der Waals surface area contributed by atoms with Crippen molar-refractivity contribution < 1.29 is 19.1 Å². The van der Waals surface area contributed by atoms with Gasteiger partial charge < -0.3 is 15.2 Å². The molecule has 0 saturated heterocycles. The van der Waals surface area contributed by atoms with Gasteiger partial charge in [-0.15, -0.1) is 0 Å². The molecule has 1 rings (SSSR count). The Morgan fingerprint density at radius 3 is 2.32 bits per heavy atom. The first kappa shape index (κ1) is 17.7. The van der Waals surface area contributed by atoms with E-state index in [9.17, 15) is 9.59 Å². The molecule has 5 nitrogen and oxygen atoms in total. The summed E-state index contributed by atoms with van der Waals surface area (Å²) in [5, 5.41) is 0. The fourth-order valence-electron chi connectivity index (χ4n) is 1.95. The van der Waals surface area contributed by atoms with Gasteiger partial charge in [0.1, 0.15) is 0 Å². The van der Waals surface area contributed by atoms with Gasteiger partial charge in [0.2, 0.25) is 0 Å². The van der Waals surface area contributed by atoms with Crippen LogP contribution < -0.4 is 5.73 Å². The van der Waals surface area contributed by atoms with Crippen LogP contribution in [0.15, 0.2) is 53.6 Å². The highest BCUT2D eigenvalue weighted by atomic mass is 16.5. The molecule has 0 bridgehead atoms. The van der Waals surface area contributed by atoms with Crippen LogP contribution in [0.4, 0.5) is 0 Å². The van der Waals surface area contributed by atoms with Crippen molar-refractivity contribution >= 4 is 11.9 Å². The predicted octanol–water partition coefficient (Wildman–Crippen LogP) is 1.78. The molecule has 0 unspecified atom stereocenters. The number of carbonyl (C=O) groups excluding carboxylic acids is 2. The van der Waals surface area contributed by atoms with Crippen LogP contribution in [-0.4, -0.2) is 32.7 Å². The number of ether oxygens (including phenoxy) is 2. The lowest BCUT2D eigenvalue weighted by atomic mass is 9.99. The van der Waals surface area contributed by atoms with Crippen LogP contribution >= 0.6 is 0 Å².